The number of hydrogen-bond acceptors (Lipinski definition) is 6. The number of anilines is 1. The van der Waals surface area contributed by atoms with E-state index >= 15 is 0 Å². The number of halogens is 3. The Morgan fingerprint density at radius 2 is 1.94 bits per heavy atom. The predicted molar refractivity (Wildman–Crippen MR) is 124 cm³/mol. The van der Waals surface area contributed by atoms with Crippen molar-refractivity contribution >= 4 is 33.5 Å². The van der Waals surface area contributed by atoms with Gasteiger partial charge in [0.05, 0.1) is 11.8 Å². The second-order valence-corrected chi connectivity index (χ2v) is 11.4. The van der Waals surface area contributed by atoms with E-state index in [-0.39, 0.29) is 16.3 Å². The quantitative estimate of drug-likeness (QED) is 0.632. The number of nitrogens with zero attached hydrogens (tertiary/aromatic N) is 4. The molecule has 2 aromatic heterocycles. The van der Waals surface area contributed by atoms with Crippen molar-refractivity contribution in [3.8, 4) is 0 Å². The van der Waals surface area contributed by atoms with Crippen LogP contribution in [0.25, 0.3) is 10.2 Å². The van der Waals surface area contributed by atoms with E-state index in [9.17, 15) is 18.0 Å². The Balaban J connectivity index is 1.19. The van der Waals surface area contributed by atoms with Crippen LogP contribution in [-0.2, 0) is 6.42 Å². The van der Waals surface area contributed by atoms with Crippen molar-refractivity contribution in [1.29, 1.82) is 0 Å². The van der Waals surface area contributed by atoms with Gasteiger partial charge >= 0.3 is 12.3 Å². The Morgan fingerprint density at radius 3 is 2.68 bits per heavy atom. The van der Waals surface area contributed by atoms with Crippen LogP contribution in [0.3, 0.4) is 0 Å². The zero-order chi connectivity index (χ0) is 23.9. The zero-order valence-electron chi connectivity index (χ0n) is 19.0. The molecule has 0 bridgehead atoms. The van der Waals surface area contributed by atoms with Gasteiger partial charge in [0, 0.05) is 42.5 Å². The minimum atomic E-state index is -4.23. The number of carboxylic acid groups (broad SMARTS) is 1. The Morgan fingerprint density at radius 1 is 1.18 bits per heavy atom. The Labute approximate surface area is 200 Å². The fourth-order valence-electron chi connectivity index (χ4n) is 6.09. The second-order valence-electron chi connectivity index (χ2n) is 10.2. The summed E-state index contributed by atoms with van der Waals surface area (Å²) in [6.07, 6.45) is 1.47. The van der Waals surface area contributed by atoms with E-state index in [4.69, 9.17) is 5.11 Å². The second kappa shape index (κ2) is 9.14. The fourth-order valence-corrected chi connectivity index (χ4v) is 7.11. The summed E-state index contributed by atoms with van der Waals surface area (Å²) in [4.78, 5) is 25.2. The molecule has 4 heterocycles. The van der Waals surface area contributed by atoms with Crippen molar-refractivity contribution in [2.45, 2.75) is 57.2 Å². The summed E-state index contributed by atoms with van der Waals surface area (Å²) in [7, 11) is 0. The summed E-state index contributed by atoms with van der Waals surface area (Å²) < 4.78 is 38.6. The van der Waals surface area contributed by atoms with E-state index in [0.717, 1.165) is 93.8 Å². The molecule has 34 heavy (non-hydrogen) atoms. The number of carbonyl (C=O) groups is 1. The highest BCUT2D eigenvalue weighted by Gasteiger charge is 2.44. The first-order valence-electron chi connectivity index (χ1n) is 11.9. The van der Waals surface area contributed by atoms with Crippen LogP contribution in [0.4, 0.5) is 23.8 Å². The molecule has 1 aliphatic carbocycles. The third kappa shape index (κ3) is 5.25. The van der Waals surface area contributed by atoms with Gasteiger partial charge in [-0.1, -0.05) is 0 Å². The maximum atomic E-state index is 12.9. The standard InChI is InChI=1S/C23H30F3N5O2S/c24-23(25,26)10-17-9-18-19(27-14-28-20(18)34-17)31-8-6-22(13-31)5-7-30(12-22)11-15-1-3-16(4-2-15)29-21(32)33/h9,14-16,29H,1-8,10-13H2,(H,32,33). The molecule has 7 nitrogen and oxygen atoms in total. The van der Waals surface area contributed by atoms with Crippen LogP contribution in [0.5, 0.6) is 0 Å². The Hall–Kier alpha value is -2.14. The largest absolute Gasteiger partial charge is 0.465 e. The number of rotatable bonds is 5. The molecule has 2 aliphatic heterocycles. The van der Waals surface area contributed by atoms with Crippen LogP contribution < -0.4 is 10.2 Å². The molecule has 3 aliphatic rings. The van der Waals surface area contributed by atoms with Crippen molar-refractivity contribution in [3.63, 3.8) is 0 Å². The molecule has 0 radical (unpaired) electrons. The molecule has 0 aromatic carbocycles. The molecule has 2 N–H and O–H groups in total. The molecule has 5 rings (SSSR count). The van der Waals surface area contributed by atoms with E-state index in [0.29, 0.717) is 10.7 Å². The third-order valence-electron chi connectivity index (χ3n) is 7.68. The Kier molecular flexibility index (Phi) is 6.34. The van der Waals surface area contributed by atoms with Crippen molar-refractivity contribution < 1.29 is 23.1 Å². The van der Waals surface area contributed by atoms with E-state index in [1.807, 2.05) is 0 Å². The summed E-state index contributed by atoms with van der Waals surface area (Å²) >= 11 is 1.10. The van der Waals surface area contributed by atoms with Crippen LogP contribution in [0.2, 0.25) is 0 Å². The third-order valence-corrected chi connectivity index (χ3v) is 8.72. The number of nitrogens with one attached hydrogen (secondary N) is 1. The topological polar surface area (TPSA) is 81.6 Å². The lowest BCUT2D eigenvalue weighted by Gasteiger charge is -2.32. The molecule has 2 saturated heterocycles. The van der Waals surface area contributed by atoms with Crippen LogP contribution in [-0.4, -0.2) is 71.0 Å². The monoisotopic (exact) mass is 497 g/mol. The predicted octanol–water partition coefficient (Wildman–Crippen LogP) is 4.52. The average molecular weight is 498 g/mol. The van der Waals surface area contributed by atoms with Gasteiger partial charge in [-0.05, 0) is 57.1 Å². The fraction of sp³-hybridized carbons (Fsp3) is 0.696. The summed E-state index contributed by atoms with van der Waals surface area (Å²) in [5.41, 5.74) is 0.199. The smallest absolute Gasteiger partial charge is 0.404 e. The minimum absolute atomic E-state index is 0.0838. The van der Waals surface area contributed by atoms with Gasteiger partial charge in [-0.15, -0.1) is 11.3 Å². The summed E-state index contributed by atoms with van der Waals surface area (Å²) in [6, 6.07) is 1.70. The summed E-state index contributed by atoms with van der Waals surface area (Å²) in [6.45, 7) is 4.89. The van der Waals surface area contributed by atoms with Gasteiger partial charge in [0.2, 0.25) is 0 Å². The molecule has 1 spiro atoms. The van der Waals surface area contributed by atoms with E-state index in [1.165, 1.54) is 6.33 Å². The van der Waals surface area contributed by atoms with E-state index in [1.54, 1.807) is 6.07 Å². The highest BCUT2D eigenvalue weighted by atomic mass is 32.1. The van der Waals surface area contributed by atoms with Gasteiger partial charge in [-0.3, -0.25) is 0 Å². The van der Waals surface area contributed by atoms with Crippen LogP contribution in [0.1, 0.15) is 43.4 Å². The number of likely N-dealkylation sites (tertiary alicyclic amines) is 1. The first-order chi connectivity index (χ1) is 16.2. The number of fused-ring (bicyclic) bond motifs is 1. The van der Waals surface area contributed by atoms with E-state index < -0.39 is 18.7 Å². The highest BCUT2D eigenvalue weighted by molar-refractivity contribution is 7.18. The normalized spacial score (nSPS) is 28.3. The van der Waals surface area contributed by atoms with Crippen LogP contribution in [0, 0.1) is 11.3 Å². The molecule has 11 heteroatoms. The molecule has 1 saturated carbocycles. The van der Waals surface area contributed by atoms with Gasteiger partial charge in [-0.25, -0.2) is 14.8 Å². The molecular formula is C23H30F3N5O2S. The number of aromatic nitrogens is 2. The first kappa shape index (κ1) is 23.6. The van der Waals surface area contributed by atoms with Crippen molar-refractivity contribution in [3.05, 3.63) is 17.3 Å². The highest BCUT2D eigenvalue weighted by Crippen LogP contribution is 2.43. The van der Waals surface area contributed by atoms with Gasteiger partial charge in [0.25, 0.3) is 0 Å². The zero-order valence-corrected chi connectivity index (χ0v) is 19.8. The van der Waals surface area contributed by atoms with Crippen LogP contribution >= 0.6 is 11.3 Å². The summed E-state index contributed by atoms with van der Waals surface area (Å²) in [5, 5.41) is 12.3. The average Bonchev–Trinajstić information content (AvgIpc) is 3.46. The molecule has 1 unspecified atom stereocenters. The number of amides is 1. The number of alkyl halides is 3. The lowest BCUT2D eigenvalue weighted by atomic mass is 9.85. The van der Waals surface area contributed by atoms with E-state index in [2.05, 4.69) is 25.1 Å². The number of thiophene rings is 1. The van der Waals surface area contributed by atoms with Gasteiger partial charge in [0.1, 0.15) is 17.0 Å². The van der Waals surface area contributed by atoms with Gasteiger partial charge < -0.3 is 20.2 Å². The lowest BCUT2D eigenvalue weighted by molar-refractivity contribution is -0.126. The van der Waals surface area contributed by atoms with Gasteiger partial charge in [-0.2, -0.15) is 13.2 Å². The number of hydrogen-bond donors (Lipinski definition) is 2. The molecule has 2 aromatic rings. The van der Waals surface area contributed by atoms with Crippen molar-refractivity contribution in [2.75, 3.05) is 37.6 Å². The van der Waals surface area contributed by atoms with Crippen molar-refractivity contribution in [1.82, 2.24) is 20.2 Å². The molecular weight excluding hydrogens is 467 g/mol. The maximum Gasteiger partial charge on any atom is 0.404 e. The molecule has 186 valence electrons. The van der Waals surface area contributed by atoms with Crippen molar-refractivity contribution in [2.24, 2.45) is 11.3 Å². The molecule has 3 fully saturated rings. The maximum absolute atomic E-state index is 12.9. The molecule has 1 atom stereocenters. The van der Waals surface area contributed by atoms with Crippen LogP contribution in [0.15, 0.2) is 12.4 Å². The van der Waals surface area contributed by atoms with Gasteiger partial charge in [0.15, 0.2) is 0 Å². The minimum Gasteiger partial charge on any atom is -0.465 e. The first-order valence-corrected chi connectivity index (χ1v) is 12.8. The Bertz CT molecular complexity index is 1040. The molecule has 1 amide bonds. The SMILES string of the molecule is O=C(O)NC1CCC(CN2CCC3(CCN(c4ncnc5sc(CC(F)(F)F)cc45)C3)C2)CC1. The summed E-state index contributed by atoms with van der Waals surface area (Å²) in [5.74, 6) is 1.37. The lowest BCUT2D eigenvalue weighted by Crippen LogP contribution is -2.39.